The lowest BCUT2D eigenvalue weighted by Crippen LogP contribution is -2.33. The number of carbonyl (C=O) groups excluding carboxylic acids is 1. The van der Waals surface area contributed by atoms with Gasteiger partial charge in [0.25, 0.3) is 0 Å². The molecule has 1 aliphatic heterocycles. The number of aromatic amines is 1. The van der Waals surface area contributed by atoms with Gasteiger partial charge in [0.15, 0.2) is 5.82 Å². The van der Waals surface area contributed by atoms with E-state index in [-0.39, 0.29) is 24.9 Å². The highest BCUT2D eigenvalue weighted by molar-refractivity contribution is 7.89. The Morgan fingerprint density at radius 2 is 2.04 bits per heavy atom. The van der Waals surface area contributed by atoms with Gasteiger partial charge in [-0.3, -0.25) is 9.89 Å². The molecule has 9 heteroatoms. The van der Waals surface area contributed by atoms with Gasteiger partial charge in [0, 0.05) is 26.1 Å². The lowest BCUT2D eigenvalue weighted by atomic mass is 9.94. The third kappa shape index (κ3) is 3.14. The van der Waals surface area contributed by atoms with Gasteiger partial charge < -0.3 is 5.32 Å². The highest BCUT2D eigenvalue weighted by Gasteiger charge is 2.45. The van der Waals surface area contributed by atoms with Gasteiger partial charge in [-0.25, -0.2) is 13.4 Å². The number of benzene rings is 1. The van der Waals surface area contributed by atoms with Crippen molar-refractivity contribution in [1.82, 2.24) is 24.8 Å². The molecule has 27 heavy (non-hydrogen) atoms. The maximum absolute atomic E-state index is 13.2. The molecule has 2 aromatic rings. The van der Waals surface area contributed by atoms with Crippen LogP contribution >= 0.6 is 0 Å². The Hall–Kier alpha value is -2.26. The minimum absolute atomic E-state index is 0.122. The van der Waals surface area contributed by atoms with Crippen molar-refractivity contribution in [2.75, 3.05) is 20.1 Å². The maximum atomic E-state index is 13.2. The summed E-state index contributed by atoms with van der Waals surface area (Å²) >= 11 is 0. The van der Waals surface area contributed by atoms with Gasteiger partial charge in [0.1, 0.15) is 5.82 Å². The number of nitrogens with one attached hydrogen (secondary N) is 2. The van der Waals surface area contributed by atoms with Crippen molar-refractivity contribution in [2.24, 2.45) is 5.92 Å². The molecule has 2 N–H and O–H groups in total. The van der Waals surface area contributed by atoms with Crippen LogP contribution in [-0.2, 0) is 27.7 Å². The van der Waals surface area contributed by atoms with E-state index in [1.807, 2.05) is 6.07 Å². The Morgan fingerprint density at radius 3 is 2.74 bits per heavy atom. The van der Waals surface area contributed by atoms with Crippen LogP contribution in [0.25, 0.3) is 0 Å². The second-order valence-electron chi connectivity index (χ2n) is 7.21. The third-order valence-electron chi connectivity index (χ3n) is 5.52. The molecule has 0 saturated carbocycles. The zero-order valence-electron chi connectivity index (χ0n) is 15.4. The van der Waals surface area contributed by atoms with E-state index in [1.165, 1.54) is 9.87 Å². The number of carbonyl (C=O) groups is 1. The van der Waals surface area contributed by atoms with E-state index in [1.54, 1.807) is 26.1 Å². The first-order chi connectivity index (χ1) is 12.9. The summed E-state index contributed by atoms with van der Waals surface area (Å²) in [5.74, 6) is 0.0240. The Labute approximate surface area is 158 Å². The summed E-state index contributed by atoms with van der Waals surface area (Å²) in [6, 6.07) is 5.38. The molecule has 2 heterocycles. The van der Waals surface area contributed by atoms with Crippen molar-refractivity contribution in [1.29, 1.82) is 0 Å². The van der Waals surface area contributed by atoms with Gasteiger partial charge in [0.2, 0.25) is 15.9 Å². The molecule has 0 bridgehead atoms. The number of nitrogens with zero attached hydrogens (tertiary/aromatic N) is 3. The minimum atomic E-state index is -3.68. The normalized spacial score (nSPS) is 22.7. The van der Waals surface area contributed by atoms with Gasteiger partial charge in [-0.05, 0) is 49.4 Å². The van der Waals surface area contributed by atoms with Crippen molar-refractivity contribution >= 4 is 15.9 Å². The number of fused-ring (bicyclic) bond motifs is 1. The standard InChI is InChI=1S/C18H23N5O3S/c1-11-20-17(22-21-11)15-9-23(10-16(15)18(24)19-2)27(25,26)14-7-6-12-4-3-5-13(12)8-14/h6-8,15-16H,3-5,9-10H2,1-2H3,(H,19,24)(H,20,21,22)/t15-,16-/m1/s1. The van der Waals surface area contributed by atoms with Gasteiger partial charge in [-0.15, -0.1) is 0 Å². The molecule has 1 aromatic heterocycles. The predicted molar refractivity (Wildman–Crippen MR) is 98.6 cm³/mol. The summed E-state index contributed by atoms with van der Waals surface area (Å²) in [4.78, 5) is 17.0. The quantitative estimate of drug-likeness (QED) is 0.802. The average Bonchev–Trinajstić information content (AvgIpc) is 3.38. The zero-order valence-corrected chi connectivity index (χ0v) is 16.2. The van der Waals surface area contributed by atoms with Crippen molar-refractivity contribution in [3.8, 4) is 0 Å². The summed E-state index contributed by atoms with van der Waals surface area (Å²) in [7, 11) is -2.13. The zero-order chi connectivity index (χ0) is 19.2. The van der Waals surface area contributed by atoms with Crippen molar-refractivity contribution in [2.45, 2.75) is 37.0 Å². The van der Waals surface area contributed by atoms with E-state index in [0.717, 1.165) is 24.8 Å². The van der Waals surface area contributed by atoms with Gasteiger partial charge >= 0.3 is 0 Å². The summed E-state index contributed by atoms with van der Waals surface area (Å²) < 4.78 is 27.8. The van der Waals surface area contributed by atoms with Crippen molar-refractivity contribution < 1.29 is 13.2 Å². The number of hydrogen-bond donors (Lipinski definition) is 2. The van der Waals surface area contributed by atoms with E-state index in [9.17, 15) is 13.2 Å². The molecule has 1 aromatic carbocycles. The van der Waals surface area contributed by atoms with Crippen molar-refractivity contribution in [3.63, 3.8) is 0 Å². The Morgan fingerprint density at radius 1 is 1.26 bits per heavy atom. The first-order valence-electron chi connectivity index (χ1n) is 9.12. The van der Waals surface area contributed by atoms with Crippen LogP contribution in [0.3, 0.4) is 0 Å². The summed E-state index contributed by atoms with van der Waals surface area (Å²) in [5, 5.41) is 9.57. The Kier molecular flexibility index (Phi) is 4.51. The second kappa shape index (κ2) is 6.72. The van der Waals surface area contributed by atoms with Crippen molar-refractivity contribution in [3.05, 3.63) is 41.0 Å². The smallest absolute Gasteiger partial charge is 0.243 e. The molecule has 1 fully saturated rings. The molecule has 144 valence electrons. The fourth-order valence-electron chi connectivity index (χ4n) is 4.06. The lowest BCUT2D eigenvalue weighted by molar-refractivity contribution is -0.124. The number of aryl methyl sites for hydroxylation is 3. The van der Waals surface area contributed by atoms with Crippen LogP contribution in [0.15, 0.2) is 23.1 Å². The van der Waals surface area contributed by atoms with E-state index in [2.05, 4.69) is 20.5 Å². The Bertz CT molecular complexity index is 985. The SMILES string of the molecule is CNC(=O)[C@@H]1CN(S(=O)(=O)c2ccc3c(c2)CCC3)C[C@H]1c1n[nH]c(C)n1. The van der Waals surface area contributed by atoms with Crippen LogP contribution in [0.5, 0.6) is 0 Å². The molecule has 0 radical (unpaired) electrons. The maximum Gasteiger partial charge on any atom is 0.243 e. The number of H-pyrrole nitrogens is 1. The van der Waals surface area contributed by atoms with E-state index >= 15 is 0 Å². The number of aromatic nitrogens is 3. The second-order valence-corrected chi connectivity index (χ2v) is 9.15. The topological polar surface area (TPSA) is 108 Å². The fraction of sp³-hybridized carbons (Fsp3) is 0.500. The summed E-state index contributed by atoms with van der Waals surface area (Å²) in [6.07, 6.45) is 2.98. The fourth-order valence-corrected chi connectivity index (χ4v) is 5.60. The number of rotatable bonds is 4. The van der Waals surface area contributed by atoms with Crippen LogP contribution in [0.4, 0.5) is 0 Å². The van der Waals surface area contributed by atoms with E-state index in [0.29, 0.717) is 16.5 Å². The van der Waals surface area contributed by atoms with Crippen LogP contribution in [0, 0.1) is 12.8 Å². The molecule has 0 unspecified atom stereocenters. The molecule has 0 spiro atoms. The highest BCUT2D eigenvalue weighted by atomic mass is 32.2. The first kappa shape index (κ1) is 18.1. The monoisotopic (exact) mass is 389 g/mol. The van der Waals surface area contributed by atoms with Gasteiger partial charge in [0.05, 0.1) is 10.8 Å². The molecule has 2 atom stereocenters. The molecule has 2 aliphatic rings. The van der Waals surface area contributed by atoms with Gasteiger partial charge in [-0.2, -0.15) is 9.40 Å². The highest BCUT2D eigenvalue weighted by Crippen LogP contribution is 2.35. The first-order valence-corrected chi connectivity index (χ1v) is 10.6. The predicted octanol–water partition coefficient (Wildman–Crippen LogP) is 0.752. The number of hydrogen-bond acceptors (Lipinski definition) is 5. The lowest BCUT2D eigenvalue weighted by Gasteiger charge is -2.17. The molecule has 8 nitrogen and oxygen atoms in total. The number of amides is 1. The summed E-state index contributed by atoms with van der Waals surface area (Å²) in [6.45, 7) is 2.09. The van der Waals surface area contributed by atoms with Crippen LogP contribution in [-0.4, -0.2) is 53.9 Å². The largest absolute Gasteiger partial charge is 0.359 e. The third-order valence-corrected chi connectivity index (χ3v) is 7.35. The number of sulfonamides is 1. The summed E-state index contributed by atoms with van der Waals surface area (Å²) in [5.41, 5.74) is 2.34. The molecular formula is C18H23N5O3S. The van der Waals surface area contributed by atoms with Crippen LogP contribution in [0.2, 0.25) is 0 Å². The average molecular weight is 389 g/mol. The Balaban J connectivity index is 1.66. The van der Waals surface area contributed by atoms with Crippen LogP contribution < -0.4 is 5.32 Å². The minimum Gasteiger partial charge on any atom is -0.359 e. The van der Waals surface area contributed by atoms with Gasteiger partial charge in [-0.1, -0.05) is 6.07 Å². The molecular weight excluding hydrogens is 366 g/mol. The molecule has 1 saturated heterocycles. The van der Waals surface area contributed by atoms with E-state index in [4.69, 9.17) is 0 Å². The molecule has 4 rings (SSSR count). The molecule has 1 aliphatic carbocycles. The molecule has 1 amide bonds. The van der Waals surface area contributed by atoms with Crippen LogP contribution in [0.1, 0.15) is 35.1 Å². The van der Waals surface area contributed by atoms with E-state index < -0.39 is 15.9 Å².